The smallest absolute Gasteiger partial charge is 0.313 e. The summed E-state index contributed by atoms with van der Waals surface area (Å²) in [4.78, 5) is 21.7. The zero-order valence-corrected chi connectivity index (χ0v) is 10.4. The van der Waals surface area contributed by atoms with E-state index in [0.29, 0.717) is 26.4 Å². The van der Waals surface area contributed by atoms with Gasteiger partial charge < -0.3 is 14.2 Å². The van der Waals surface area contributed by atoms with Crippen LogP contribution in [0.4, 0.5) is 0 Å². The summed E-state index contributed by atoms with van der Waals surface area (Å²) < 4.78 is 15.3. The van der Waals surface area contributed by atoms with Crippen LogP contribution in [0.1, 0.15) is 20.3 Å². The van der Waals surface area contributed by atoms with E-state index in [1.54, 1.807) is 13.0 Å². The SMILES string of the molecule is C=CCOCCOCC(C)OC(=O)CC(C)=O. The Labute approximate surface area is 102 Å². The quantitative estimate of drug-likeness (QED) is 0.249. The Morgan fingerprint density at radius 3 is 2.53 bits per heavy atom. The predicted octanol–water partition coefficient (Wildman–Crippen LogP) is 1.12. The van der Waals surface area contributed by atoms with Crippen molar-refractivity contribution in [1.29, 1.82) is 0 Å². The monoisotopic (exact) mass is 244 g/mol. The summed E-state index contributed by atoms with van der Waals surface area (Å²) in [6, 6.07) is 0. The molecule has 5 heteroatoms. The molecule has 0 saturated carbocycles. The summed E-state index contributed by atoms with van der Waals surface area (Å²) in [7, 11) is 0. The highest BCUT2D eigenvalue weighted by Crippen LogP contribution is 1.96. The number of hydrogen-bond acceptors (Lipinski definition) is 5. The maximum Gasteiger partial charge on any atom is 0.313 e. The van der Waals surface area contributed by atoms with Gasteiger partial charge in [-0.2, -0.15) is 0 Å². The minimum atomic E-state index is -0.517. The molecule has 0 N–H and O–H groups in total. The Balaban J connectivity index is 3.45. The molecule has 0 aromatic heterocycles. The first-order chi connectivity index (χ1) is 8.06. The van der Waals surface area contributed by atoms with E-state index in [2.05, 4.69) is 6.58 Å². The first-order valence-corrected chi connectivity index (χ1v) is 5.51. The second kappa shape index (κ2) is 9.99. The van der Waals surface area contributed by atoms with Gasteiger partial charge >= 0.3 is 5.97 Å². The van der Waals surface area contributed by atoms with Crippen molar-refractivity contribution < 1.29 is 23.8 Å². The third kappa shape index (κ3) is 11.1. The third-order valence-electron chi connectivity index (χ3n) is 1.69. The lowest BCUT2D eigenvalue weighted by Crippen LogP contribution is -2.22. The van der Waals surface area contributed by atoms with Gasteiger partial charge in [-0.05, 0) is 13.8 Å². The van der Waals surface area contributed by atoms with Crippen molar-refractivity contribution in [2.24, 2.45) is 0 Å². The van der Waals surface area contributed by atoms with E-state index in [1.165, 1.54) is 6.92 Å². The summed E-state index contributed by atoms with van der Waals surface area (Å²) in [5.74, 6) is -0.725. The van der Waals surface area contributed by atoms with E-state index in [9.17, 15) is 9.59 Å². The van der Waals surface area contributed by atoms with Gasteiger partial charge in [0.25, 0.3) is 0 Å². The van der Waals surface area contributed by atoms with Gasteiger partial charge in [-0.15, -0.1) is 6.58 Å². The number of carbonyl (C=O) groups is 2. The first-order valence-electron chi connectivity index (χ1n) is 5.51. The van der Waals surface area contributed by atoms with Gasteiger partial charge in [0.2, 0.25) is 0 Å². The molecule has 98 valence electrons. The number of esters is 1. The number of hydrogen-bond donors (Lipinski definition) is 0. The molecule has 0 amide bonds. The predicted molar refractivity (Wildman–Crippen MR) is 62.7 cm³/mol. The molecule has 0 fully saturated rings. The van der Waals surface area contributed by atoms with Crippen LogP contribution in [-0.4, -0.2) is 44.3 Å². The van der Waals surface area contributed by atoms with Crippen LogP contribution < -0.4 is 0 Å². The highest BCUT2D eigenvalue weighted by atomic mass is 16.6. The van der Waals surface area contributed by atoms with Crippen molar-refractivity contribution in [1.82, 2.24) is 0 Å². The van der Waals surface area contributed by atoms with Crippen LogP contribution >= 0.6 is 0 Å². The molecule has 0 aliphatic carbocycles. The highest BCUT2D eigenvalue weighted by Gasteiger charge is 2.11. The molecule has 1 unspecified atom stereocenters. The fourth-order valence-electron chi connectivity index (χ4n) is 1.04. The number of carbonyl (C=O) groups excluding carboxylic acids is 2. The van der Waals surface area contributed by atoms with Gasteiger partial charge in [-0.1, -0.05) is 6.08 Å². The topological polar surface area (TPSA) is 61.8 Å². The maximum atomic E-state index is 11.1. The van der Waals surface area contributed by atoms with Crippen molar-refractivity contribution in [2.45, 2.75) is 26.4 Å². The van der Waals surface area contributed by atoms with Gasteiger partial charge in [-0.3, -0.25) is 9.59 Å². The second-order valence-electron chi connectivity index (χ2n) is 3.62. The van der Waals surface area contributed by atoms with E-state index in [4.69, 9.17) is 14.2 Å². The molecule has 0 aromatic rings. The number of ether oxygens (including phenoxy) is 3. The fraction of sp³-hybridized carbons (Fsp3) is 0.667. The molecular weight excluding hydrogens is 224 g/mol. The van der Waals surface area contributed by atoms with Crippen LogP contribution in [0, 0.1) is 0 Å². The van der Waals surface area contributed by atoms with Crippen molar-refractivity contribution in [3.8, 4) is 0 Å². The Kier molecular flexibility index (Phi) is 9.28. The second-order valence-corrected chi connectivity index (χ2v) is 3.62. The lowest BCUT2D eigenvalue weighted by Gasteiger charge is -2.13. The lowest BCUT2D eigenvalue weighted by molar-refractivity contribution is -0.152. The summed E-state index contributed by atoms with van der Waals surface area (Å²) in [5, 5.41) is 0. The van der Waals surface area contributed by atoms with Crippen molar-refractivity contribution in [3.63, 3.8) is 0 Å². The summed E-state index contributed by atoms with van der Waals surface area (Å²) in [6.45, 7) is 8.26. The molecule has 0 aliphatic rings. The average molecular weight is 244 g/mol. The zero-order valence-electron chi connectivity index (χ0n) is 10.4. The Morgan fingerprint density at radius 2 is 1.94 bits per heavy atom. The standard InChI is InChI=1S/C12H20O5/c1-4-5-15-6-7-16-9-11(3)17-12(14)8-10(2)13/h4,11H,1,5-9H2,2-3H3. The van der Waals surface area contributed by atoms with Crippen molar-refractivity contribution in [2.75, 3.05) is 26.4 Å². The normalized spacial score (nSPS) is 11.9. The molecule has 0 bridgehead atoms. The molecule has 1 atom stereocenters. The van der Waals surface area contributed by atoms with Crippen LogP contribution in [0.2, 0.25) is 0 Å². The van der Waals surface area contributed by atoms with Gasteiger partial charge in [0.05, 0.1) is 26.4 Å². The molecule has 0 radical (unpaired) electrons. The molecule has 0 rings (SSSR count). The number of ketones is 1. The lowest BCUT2D eigenvalue weighted by atomic mass is 10.3. The largest absolute Gasteiger partial charge is 0.460 e. The molecule has 0 heterocycles. The molecule has 5 nitrogen and oxygen atoms in total. The third-order valence-corrected chi connectivity index (χ3v) is 1.69. The summed E-state index contributed by atoms with van der Waals surface area (Å²) in [6.07, 6.45) is 1.11. The van der Waals surface area contributed by atoms with Gasteiger partial charge in [0, 0.05) is 0 Å². The summed E-state index contributed by atoms with van der Waals surface area (Å²) in [5.41, 5.74) is 0. The van der Waals surface area contributed by atoms with Crippen LogP contribution in [0.15, 0.2) is 12.7 Å². The van der Waals surface area contributed by atoms with E-state index in [-0.39, 0.29) is 18.3 Å². The zero-order chi connectivity index (χ0) is 13.1. The summed E-state index contributed by atoms with van der Waals surface area (Å²) >= 11 is 0. The van der Waals surface area contributed by atoms with Crippen LogP contribution in [0.25, 0.3) is 0 Å². The van der Waals surface area contributed by atoms with E-state index in [0.717, 1.165) is 0 Å². The Hall–Kier alpha value is -1.20. The molecule has 0 aromatic carbocycles. The minimum Gasteiger partial charge on any atom is -0.460 e. The van der Waals surface area contributed by atoms with Crippen LogP contribution in [0.3, 0.4) is 0 Å². The Morgan fingerprint density at radius 1 is 1.29 bits per heavy atom. The highest BCUT2D eigenvalue weighted by molar-refractivity contribution is 5.94. The van der Waals surface area contributed by atoms with Crippen LogP contribution in [-0.2, 0) is 23.8 Å². The van der Waals surface area contributed by atoms with Gasteiger partial charge in [-0.25, -0.2) is 0 Å². The maximum absolute atomic E-state index is 11.1. The van der Waals surface area contributed by atoms with E-state index in [1.807, 2.05) is 0 Å². The van der Waals surface area contributed by atoms with E-state index >= 15 is 0 Å². The Bertz CT molecular complexity index is 249. The molecule has 17 heavy (non-hydrogen) atoms. The molecule has 0 aliphatic heterocycles. The number of rotatable bonds is 10. The average Bonchev–Trinajstić information content (AvgIpc) is 2.21. The fourth-order valence-corrected chi connectivity index (χ4v) is 1.04. The van der Waals surface area contributed by atoms with Gasteiger partial charge in [0.1, 0.15) is 18.3 Å². The number of Topliss-reactive ketones (excluding diaryl/α,β-unsaturated/α-hetero) is 1. The minimum absolute atomic E-state index is 0.188. The van der Waals surface area contributed by atoms with Crippen LogP contribution in [0.5, 0.6) is 0 Å². The van der Waals surface area contributed by atoms with Crippen molar-refractivity contribution in [3.05, 3.63) is 12.7 Å². The van der Waals surface area contributed by atoms with E-state index < -0.39 is 5.97 Å². The molecular formula is C12H20O5. The van der Waals surface area contributed by atoms with Crippen molar-refractivity contribution >= 4 is 11.8 Å². The molecule has 0 spiro atoms. The molecule has 0 saturated heterocycles. The first kappa shape index (κ1) is 15.8. The van der Waals surface area contributed by atoms with Gasteiger partial charge in [0.15, 0.2) is 0 Å².